The fourth-order valence-electron chi connectivity index (χ4n) is 1.49. The number of anilines is 1. The standard InChI is InChI=1S/C13H18F3N3O.HI/c1-2-3-4-9-18-12(17)19-10-5-7-11(8-6-10)20-13(14,15)16;/h5-8H,2-4,9H2,1H3,(H3,17,18,19);1H. The van der Waals surface area contributed by atoms with Crippen molar-refractivity contribution >= 4 is 35.6 Å². The summed E-state index contributed by atoms with van der Waals surface area (Å²) >= 11 is 0. The molecule has 1 aromatic rings. The molecule has 0 amide bonds. The maximum Gasteiger partial charge on any atom is 0.573 e. The highest BCUT2D eigenvalue weighted by molar-refractivity contribution is 14.0. The quantitative estimate of drug-likeness (QED) is 0.317. The third kappa shape index (κ3) is 9.38. The molecule has 0 saturated heterocycles. The van der Waals surface area contributed by atoms with Crippen molar-refractivity contribution in [1.29, 1.82) is 0 Å². The minimum absolute atomic E-state index is 0. The number of ether oxygens (including phenoxy) is 1. The zero-order chi connectivity index (χ0) is 15.0. The van der Waals surface area contributed by atoms with Crippen LogP contribution in [0.25, 0.3) is 0 Å². The zero-order valence-electron chi connectivity index (χ0n) is 11.6. The van der Waals surface area contributed by atoms with Crippen molar-refractivity contribution in [2.75, 3.05) is 11.9 Å². The van der Waals surface area contributed by atoms with Crippen molar-refractivity contribution in [1.82, 2.24) is 0 Å². The van der Waals surface area contributed by atoms with Gasteiger partial charge in [-0.05, 0) is 30.7 Å². The number of nitrogens with two attached hydrogens (primary N) is 1. The summed E-state index contributed by atoms with van der Waals surface area (Å²) in [5.74, 6) is -0.0351. The van der Waals surface area contributed by atoms with Gasteiger partial charge in [0, 0.05) is 12.2 Å². The van der Waals surface area contributed by atoms with Gasteiger partial charge in [0.1, 0.15) is 5.75 Å². The lowest BCUT2D eigenvalue weighted by molar-refractivity contribution is -0.274. The second kappa shape index (κ2) is 9.69. The Balaban J connectivity index is 0.00000400. The lowest BCUT2D eigenvalue weighted by Gasteiger charge is -2.10. The van der Waals surface area contributed by atoms with Gasteiger partial charge in [-0.15, -0.1) is 37.1 Å². The van der Waals surface area contributed by atoms with E-state index in [4.69, 9.17) is 5.73 Å². The smallest absolute Gasteiger partial charge is 0.406 e. The molecule has 21 heavy (non-hydrogen) atoms. The zero-order valence-corrected chi connectivity index (χ0v) is 13.9. The Hall–Kier alpha value is -1.19. The molecule has 0 unspecified atom stereocenters. The maximum absolute atomic E-state index is 12.0. The van der Waals surface area contributed by atoms with E-state index < -0.39 is 6.36 Å². The topological polar surface area (TPSA) is 59.6 Å². The third-order valence-electron chi connectivity index (χ3n) is 2.40. The van der Waals surface area contributed by atoms with Crippen LogP contribution in [0.3, 0.4) is 0 Å². The molecule has 0 aliphatic carbocycles. The molecule has 3 N–H and O–H groups in total. The molecule has 0 fully saturated rings. The molecule has 0 aliphatic rings. The summed E-state index contributed by atoms with van der Waals surface area (Å²) in [5.41, 5.74) is 6.21. The molecule has 8 heteroatoms. The SMILES string of the molecule is CCCCCN=C(N)Nc1ccc(OC(F)(F)F)cc1.I. The van der Waals surface area contributed by atoms with Crippen LogP contribution in [-0.2, 0) is 0 Å². The number of aliphatic imine (C=N–C) groups is 1. The normalized spacial score (nSPS) is 11.7. The predicted molar refractivity (Wildman–Crippen MR) is 88.2 cm³/mol. The molecule has 0 heterocycles. The van der Waals surface area contributed by atoms with Crippen molar-refractivity contribution in [3.05, 3.63) is 24.3 Å². The number of benzene rings is 1. The van der Waals surface area contributed by atoms with E-state index in [-0.39, 0.29) is 35.7 Å². The van der Waals surface area contributed by atoms with Gasteiger partial charge in [-0.3, -0.25) is 4.99 Å². The van der Waals surface area contributed by atoms with Crippen molar-refractivity contribution in [3.8, 4) is 5.75 Å². The van der Waals surface area contributed by atoms with Crippen LogP contribution in [0, 0.1) is 0 Å². The number of halogens is 4. The number of unbranched alkanes of at least 4 members (excludes halogenated alkanes) is 2. The molecular formula is C13H19F3IN3O. The van der Waals surface area contributed by atoms with Gasteiger partial charge in [-0.1, -0.05) is 19.8 Å². The molecule has 0 bridgehead atoms. The number of rotatable bonds is 6. The fourth-order valence-corrected chi connectivity index (χ4v) is 1.49. The van der Waals surface area contributed by atoms with Crippen molar-refractivity contribution < 1.29 is 17.9 Å². The monoisotopic (exact) mass is 417 g/mol. The van der Waals surface area contributed by atoms with Crippen LogP contribution in [0.2, 0.25) is 0 Å². The van der Waals surface area contributed by atoms with E-state index in [1.54, 1.807) is 0 Å². The van der Waals surface area contributed by atoms with E-state index in [2.05, 4.69) is 22.0 Å². The first kappa shape index (κ1) is 19.8. The summed E-state index contributed by atoms with van der Waals surface area (Å²) in [6.07, 6.45) is -1.55. The van der Waals surface area contributed by atoms with E-state index in [0.717, 1.165) is 19.3 Å². The molecule has 0 aliphatic heterocycles. The molecule has 0 saturated carbocycles. The summed E-state index contributed by atoms with van der Waals surface area (Å²) < 4.78 is 39.7. The number of guanidine groups is 1. The number of hydrogen-bond acceptors (Lipinski definition) is 2. The highest BCUT2D eigenvalue weighted by atomic mass is 127. The van der Waals surface area contributed by atoms with Crippen LogP contribution in [0.4, 0.5) is 18.9 Å². The Morgan fingerprint density at radius 2 is 1.86 bits per heavy atom. The van der Waals surface area contributed by atoms with Crippen LogP contribution in [0.15, 0.2) is 29.3 Å². The minimum Gasteiger partial charge on any atom is -0.406 e. The van der Waals surface area contributed by atoms with Crippen molar-refractivity contribution in [3.63, 3.8) is 0 Å². The first-order chi connectivity index (χ1) is 9.40. The average molecular weight is 417 g/mol. The van der Waals surface area contributed by atoms with E-state index in [1.807, 2.05) is 0 Å². The molecule has 4 nitrogen and oxygen atoms in total. The predicted octanol–water partition coefficient (Wildman–Crippen LogP) is 4.12. The van der Waals surface area contributed by atoms with Gasteiger partial charge in [-0.25, -0.2) is 0 Å². The molecule has 0 aromatic heterocycles. The van der Waals surface area contributed by atoms with E-state index >= 15 is 0 Å². The van der Waals surface area contributed by atoms with Gasteiger partial charge in [0.15, 0.2) is 5.96 Å². The average Bonchev–Trinajstić information content (AvgIpc) is 2.35. The summed E-state index contributed by atoms with van der Waals surface area (Å²) in [6.45, 7) is 2.72. The number of nitrogens with one attached hydrogen (secondary N) is 1. The van der Waals surface area contributed by atoms with Gasteiger partial charge in [0.05, 0.1) is 0 Å². The maximum atomic E-state index is 12.0. The lowest BCUT2D eigenvalue weighted by Crippen LogP contribution is -2.23. The molecule has 120 valence electrons. The molecule has 0 spiro atoms. The Labute approximate surface area is 139 Å². The van der Waals surface area contributed by atoms with Crippen LogP contribution in [0.5, 0.6) is 5.75 Å². The Bertz CT molecular complexity index is 435. The van der Waals surface area contributed by atoms with Gasteiger partial charge in [-0.2, -0.15) is 0 Å². The van der Waals surface area contributed by atoms with E-state index in [0.29, 0.717) is 12.2 Å². The number of alkyl halides is 3. The highest BCUT2D eigenvalue weighted by Gasteiger charge is 2.30. The fraction of sp³-hybridized carbons (Fsp3) is 0.462. The Kier molecular flexibility index (Phi) is 9.14. The summed E-state index contributed by atoms with van der Waals surface area (Å²) in [5, 5.41) is 2.80. The van der Waals surface area contributed by atoms with Gasteiger partial charge < -0.3 is 15.8 Å². The van der Waals surface area contributed by atoms with Crippen LogP contribution in [0.1, 0.15) is 26.2 Å². The van der Waals surface area contributed by atoms with Crippen molar-refractivity contribution in [2.45, 2.75) is 32.5 Å². The third-order valence-corrected chi connectivity index (χ3v) is 2.40. The molecule has 0 atom stereocenters. The van der Waals surface area contributed by atoms with Crippen LogP contribution < -0.4 is 15.8 Å². The van der Waals surface area contributed by atoms with Crippen LogP contribution >= 0.6 is 24.0 Å². The number of nitrogens with zero attached hydrogens (tertiary/aromatic N) is 1. The van der Waals surface area contributed by atoms with Crippen molar-refractivity contribution in [2.24, 2.45) is 10.7 Å². The summed E-state index contributed by atoms with van der Waals surface area (Å²) in [4.78, 5) is 4.11. The Morgan fingerprint density at radius 1 is 1.24 bits per heavy atom. The first-order valence-electron chi connectivity index (χ1n) is 6.33. The highest BCUT2D eigenvalue weighted by Crippen LogP contribution is 2.23. The summed E-state index contributed by atoms with van der Waals surface area (Å²) in [6, 6.07) is 5.30. The van der Waals surface area contributed by atoms with E-state index in [9.17, 15) is 13.2 Å². The van der Waals surface area contributed by atoms with Gasteiger partial charge >= 0.3 is 6.36 Å². The molecule has 1 rings (SSSR count). The van der Waals surface area contributed by atoms with Gasteiger partial charge in [0.25, 0.3) is 0 Å². The Morgan fingerprint density at radius 3 is 2.38 bits per heavy atom. The largest absolute Gasteiger partial charge is 0.573 e. The second-order valence-electron chi connectivity index (χ2n) is 4.17. The minimum atomic E-state index is -4.69. The first-order valence-corrected chi connectivity index (χ1v) is 6.33. The van der Waals surface area contributed by atoms with Gasteiger partial charge in [0.2, 0.25) is 0 Å². The molecule has 0 radical (unpaired) electrons. The van der Waals surface area contributed by atoms with Crippen LogP contribution in [-0.4, -0.2) is 18.9 Å². The lowest BCUT2D eigenvalue weighted by atomic mass is 10.2. The summed E-state index contributed by atoms with van der Waals surface area (Å²) in [7, 11) is 0. The second-order valence-corrected chi connectivity index (χ2v) is 4.17. The van der Waals surface area contributed by atoms with E-state index in [1.165, 1.54) is 24.3 Å². The number of hydrogen-bond donors (Lipinski definition) is 2. The molecular weight excluding hydrogens is 398 g/mol. The molecule has 1 aromatic carbocycles.